The zero-order chi connectivity index (χ0) is 15.6. The van der Waals surface area contributed by atoms with Gasteiger partial charge in [0, 0.05) is 12.2 Å². The number of aliphatic carboxylic acids is 1. The molecule has 1 N–H and O–H groups in total. The predicted octanol–water partition coefficient (Wildman–Crippen LogP) is 2.29. The summed E-state index contributed by atoms with van der Waals surface area (Å²) < 4.78 is 5.36. The molecular weight excluding hydrogens is 270 g/mol. The molecule has 1 aliphatic heterocycles. The van der Waals surface area contributed by atoms with Crippen LogP contribution in [0.5, 0.6) is 0 Å². The number of rotatable bonds is 4. The lowest BCUT2D eigenvalue weighted by atomic mass is 10.1. The summed E-state index contributed by atoms with van der Waals surface area (Å²) in [6.45, 7) is 6.40. The number of ether oxygens (including phenoxy) is 1. The largest absolute Gasteiger partial charge is 0.479 e. The second-order valence-electron chi connectivity index (χ2n) is 5.46. The second kappa shape index (κ2) is 6.26. The number of hydrogen-bond donors (Lipinski definition) is 1. The Labute approximate surface area is 124 Å². The maximum Gasteiger partial charge on any atom is 0.332 e. The molecule has 1 saturated heterocycles. The molecule has 0 bridgehead atoms. The molecule has 2 atom stereocenters. The topological polar surface area (TPSA) is 66.8 Å². The van der Waals surface area contributed by atoms with Crippen molar-refractivity contribution in [1.29, 1.82) is 0 Å². The van der Waals surface area contributed by atoms with Crippen LogP contribution in [0.4, 0.5) is 5.69 Å². The molecule has 21 heavy (non-hydrogen) atoms. The molecule has 1 aromatic rings. The first-order valence-electron chi connectivity index (χ1n) is 7.20. The Hall–Kier alpha value is -1.88. The zero-order valence-corrected chi connectivity index (χ0v) is 12.6. The van der Waals surface area contributed by atoms with Crippen molar-refractivity contribution in [3.8, 4) is 0 Å². The summed E-state index contributed by atoms with van der Waals surface area (Å²) in [7, 11) is 0. The monoisotopic (exact) mass is 291 g/mol. The number of likely N-dealkylation sites (N-methyl/N-ethyl adjacent to an activating group) is 1. The first kappa shape index (κ1) is 15.5. The first-order chi connectivity index (χ1) is 9.92. The van der Waals surface area contributed by atoms with Gasteiger partial charge in [0.2, 0.25) is 0 Å². The zero-order valence-electron chi connectivity index (χ0n) is 12.6. The molecule has 5 nitrogen and oxygen atoms in total. The Bertz CT molecular complexity index is 535. The van der Waals surface area contributed by atoms with E-state index in [9.17, 15) is 9.59 Å². The van der Waals surface area contributed by atoms with Crippen molar-refractivity contribution in [1.82, 2.24) is 0 Å². The summed E-state index contributed by atoms with van der Waals surface area (Å²) in [5.41, 5.74) is 3.02. The van der Waals surface area contributed by atoms with Crippen molar-refractivity contribution in [3.63, 3.8) is 0 Å². The van der Waals surface area contributed by atoms with Crippen molar-refractivity contribution in [2.45, 2.75) is 45.8 Å². The standard InChI is InChI=1S/C16H21NO4/c1-4-17(12-8-10(2)7-11(3)9-12)15(18)13-5-6-14(21-13)16(19)20/h7-9,13-14H,4-6H2,1-3H3,(H,19,20)/t13-,14+/m0/s1. The van der Waals surface area contributed by atoms with E-state index in [1.807, 2.05) is 39.0 Å². The Morgan fingerprint density at radius 1 is 1.19 bits per heavy atom. The minimum absolute atomic E-state index is 0.161. The van der Waals surface area contributed by atoms with E-state index < -0.39 is 18.2 Å². The maximum absolute atomic E-state index is 12.6. The number of nitrogens with zero attached hydrogens (tertiary/aromatic N) is 1. The van der Waals surface area contributed by atoms with Crippen LogP contribution in [-0.2, 0) is 14.3 Å². The fourth-order valence-electron chi connectivity index (χ4n) is 2.75. The van der Waals surface area contributed by atoms with Crippen LogP contribution in [0, 0.1) is 13.8 Å². The summed E-state index contributed by atoms with van der Waals surface area (Å²) >= 11 is 0. The Morgan fingerprint density at radius 3 is 2.24 bits per heavy atom. The highest BCUT2D eigenvalue weighted by Gasteiger charge is 2.36. The summed E-state index contributed by atoms with van der Waals surface area (Å²) in [6.07, 6.45) is -0.684. The SMILES string of the molecule is CCN(C(=O)[C@@H]1CC[C@H](C(=O)O)O1)c1cc(C)cc(C)c1. The van der Waals surface area contributed by atoms with Gasteiger partial charge in [0.25, 0.3) is 5.91 Å². The quantitative estimate of drug-likeness (QED) is 0.924. The van der Waals surface area contributed by atoms with E-state index in [0.29, 0.717) is 19.4 Å². The highest BCUT2D eigenvalue weighted by molar-refractivity contribution is 5.97. The van der Waals surface area contributed by atoms with Gasteiger partial charge in [-0.05, 0) is 56.9 Å². The second-order valence-corrected chi connectivity index (χ2v) is 5.46. The molecule has 2 rings (SSSR count). The summed E-state index contributed by atoms with van der Waals surface area (Å²) in [4.78, 5) is 25.2. The molecule has 1 fully saturated rings. The molecule has 1 aromatic carbocycles. The van der Waals surface area contributed by atoms with E-state index in [1.54, 1.807) is 4.90 Å². The highest BCUT2D eigenvalue weighted by Crippen LogP contribution is 2.25. The van der Waals surface area contributed by atoms with Crippen molar-refractivity contribution in [2.75, 3.05) is 11.4 Å². The fraction of sp³-hybridized carbons (Fsp3) is 0.500. The van der Waals surface area contributed by atoms with Gasteiger partial charge in [-0.25, -0.2) is 4.79 Å². The van der Waals surface area contributed by atoms with E-state index in [-0.39, 0.29) is 5.91 Å². The third-order valence-electron chi connectivity index (χ3n) is 3.67. The van der Waals surface area contributed by atoms with Crippen LogP contribution in [0.2, 0.25) is 0 Å². The third-order valence-corrected chi connectivity index (χ3v) is 3.67. The molecule has 0 spiro atoms. The molecule has 0 unspecified atom stereocenters. The molecule has 1 heterocycles. The molecule has 5 heteroatoms. The number of hydrogen-bond acceptors (Lipinski definition) is 3. The van der Waals surface area contributed by atoms with Gasteiger partial charge in [-0.3, -0.25) is 4.79 Å². The number of amides is 1. The van der Waals surface area contributed by atoms with E-state index >= 15 is 0 Å². The number of carboxylic acids is 1. The summed E-state index contributed by atoms with van der Waals surface area (Å²) in [6, 6.07) is 5.96. The summed E-state index contributed by atoms with van der Waals surface area (Å²) in [5.74, 6) is -1.16. The van der Waals surface area contributed by atoms with Gasteiger partial charge in [-0.1, -0.05) is 6.07 Å². The van der Waals surface area contributed by atoms with Gasteiger partial charge in [0.15, 0.2) is 6.10 Å². The maximum atomic E-state index is 12.6. The van der Waals surface area contributed by atoms with E-state index in [4.69, 9.17) is 9.84 Å². The average Bonchev–Trinajstić information content (AvgIpc) is 2.88. The van der Waals surface area contributed by atoms with E-state index in [1.165, 1.54) is 0 Å². The minimum atomic E-state index is -1.00. The van der Waals surface area contributed by atoms with Crippen molar-refractivity contribution in [2.24, 2.45) is 0 Å². The number of anilines is 1. The third kappa shape index (κ3) is 3.42. The molecular formula is C16H21NO4. The number of carboxylic acid groups (broad SMARTS) is 1. The van der Waals surface area contributed by atoms with Gasteiger partial charge < -0.3 is 14.7 Å². The Morgan fingerprint density at radius 2 is 1.76 bits per heavy atom. The lowest BCUT2D eigenvalue weighted by molar-refractivity contribution is -0.151. The van der Waals surface area contributed by atoms with Crippen molar-refractivity contribution < 1.29 is 19.4 Å². The van der Waals surface area contributed by atoms with Crippen LogP contribution in [-0.4, -0.2) is 35.7 Å². The molecule has 1 amide bonds. The fourth-order valence-corrected chi connectivity index (χ4v) is 2.75. The van der Waals surface area contributed by atoms with Crippen LogP contribution >= 0.6 is 0 Å². The molecule has 0 radical (unpaired) electrons. The van der Waals surface area contributed by atoms with E-state index in [0.717, 1.165) is 16.8 Å². The van der Waals surface area contributed by atoms with Crippen molar-refractivity contribution >= 4 is 17.6 Å². The Kier molecular flexibility index (Phi) is 4.63. The predicted molar refractivity (Wildman–Crippen MR) is 79.5 cm³/mol. The molecule has 0 aliphatic carbocycles. The van der Waals surface area contributed by atoms with Gasteiger partial charge >= 0.3 is 5.97 Å². The molecule has 114 valence electrons. The molecule has 0 aromatic heterocycles. The highest BCUT2D eigenvalue weighted by atomic mass is 16.5. The lowest BCUT2D eigenvalue weighted by Gasteiger charge is -2.25. The van der Waals surface area contributed by atoms with Crippen LogP contribution in [0.1, 0.15) is 30.9 Å². The van der Waals surface area contributed by atoms with Crippen LogP contribution in [0.15, 0.2) is 18.2 Å². The number of carbonyl (C=O) groups excluding carboxylic acids is 1. The van der Waals surface area contributed by atoms with Crippen LogP contribution < -0.4 is 4.90 Å². The number of carbonyl (C=O) groups is 2. The van der Waals surface area contributed by atoms with Crippen LogP contribution in [0.25, 0.3) is 0 Å². The van der Waals surface area contributed by atoms with Crippen molar-refractivity contribution in [3.05, 3.63) is 29.3 Å². The summed E-state index contributed by atoms with van der Waals surface area (Å²) in [5, 5.41) is 8.95. The first-order valence-corrected chi connectivity index (χ1v) is 7.20. The lowest BCUT2D eigenvalue weighted by Crippen LogP contribution is -2.39. The Balaban J connectivity index is 2.17. The average molecular weight is 291 g/mol. The number of benzene rings is 1. The van der Waals surface area contributed by atoms with Gasteiger partial charge in [0.05, 0.1) is 0 Å². The smallest absolute Gasteiger partial charge is 0.332 e. The minimum Gasteiger partial charge on any atom is -0.479 e. The van der Waals surface area contributed by atoms with E-state index in [2.05, 4.69) is 0 Å². The number of aryl methyl sites for hydroxylation is 2. The van der Waals surface area contributed by atoms with Crippen LogP contribution in [0.3, 0.4) is 0 Å². The molecule has 0 saturated carbocycles. The van der Waals surface area contributed by atoms with Gasteiger partial charge in [-0.15, -0.1) is 0 Å². The normalized spacial score (nSPS) is 21.3. The molecule has 1 aliphatic rings. The van der Waals surface area contributed by atoms with Gasteiger partial charge in [0.1, 0.15) is 6.10 Å². The van der Waals surface area contributed by atoms with Gasteiger partial charge in [-0.2, -0.15) is 0 Å².